The minimum absolute atomic E-state index is 0.186. The van der Waals surface area contributed by atoms with E-state index in [0.717, 1.165) is 23.3 Å². The fourth-order valence-corrected chi connectivity index (χ4v) is 3.81. The van der Waals surface area contributed by atoms with E-state index in [1.54, 1.807) is 10.6 Å². The lowest BCUT2D eigenvalue weighted by Gasteiger charge is -2.03. The standard InChI is InChI=1S/C17H13ClFN3O3S/c1-2-7-21-14-6-4-11(19)9-15(14)26-17(21)20-16(23)12-8-10(18)3-5-13(12)22(24)25/h3-6,8-9H,2,7H2,1H3. The van der Waals surface area contributed by atoms with E-state index in [2.05, 4.69) is 4.99 Å². The van der Waals surface area contributed by atoms with Gasteiger partial charge in [0.1, 0.15) is 11.4 Å². The van der Waals surface area contributed by atoms with Crippen LogP contribution < -0.4 is 4.80 Å². The molecule has 0 bridgehead atoms. The Labute approximate surface area is 156 Å². The molecule has 0 atom stereocenters. The molecule has 134 valence electrons. The first-order valence-electron chi connectivity index (χ1n) is 7.72. The molecule has 1 aromatic heterocycles. The van der Waals surface area contributed by atoms with E-state index in [1.165, 1.54) is 30.3 Å². The Morgan fingerprint density at radius 2 is 2.12 bits per heavy atom. The summed E-state index contributed by atoms with van der Waals surface area (Å²) < 4.78 is 15.9. The van der Waals surface area contributed by atoms with Gasteiger partial charge in [-0.15, -0.1) is 0 Å². The van der Waals surface area contributed by atoms with Gasteiger partial charge in [0.2, 0.25) is 0 Å². The van der Waals surface area contributed by atoms with Crippen LogP contribution in [0.15, 0.2) is 41.4 Å². The van der Waals surface area contributed by atoms with E-state index >= 15 is 0 Å². The Bertz CT molecular complexity index is 1090. The molecule has 9 heteroatoms. The van der Waals surface area contributed by atoms with Crippen molar-refractivity contribution in [2.45, 2.75) is 19.9 Å². The molecule has 0 saturated carbocycles. The number of nitro benzene ring substituents is 1. The van der Waals surface area contributed by atoms with Crippen molar-refractivity contribution in [1.29, 1.82) is 0 Å². The van der Waals surface area contributed by atoms with Crippen molar-refractivity contribution in [2.24, 2.45) is 4.99 Å². The third-order valence-electron chi connectivity index (χ3n) is 3.67. The molecule has 0 spiro atoms. The topological polar surface area (TPSA) is 77.5 Å². The summed E-state index contributed by atoms with van der Waals surface area (Å²) in [6, 6.07) is 8.08. The third-order valence-corrected chi connectivity index (χ3v) is 4.95. The average Bonchev–Trinajstić information content (AvgIpc) is 2.91. The maximum absolute atomic E-state index is 13.5. The number of nitro groups is 1. The maximum atomic E-state index is 13.5. The maximum Gasteiger partial charge on any atom is 0.286 e. The van der Waals surface area contributed by atoms with Gasteiger partial charge >= 0.3 is 0 Å². The van der Waals surface area contributed by atoms with Crippen LogP contribution in [0.4, 0.5) is 10.1 Å². The molecule has 1 heterocycles. The van der Waals surface area contributed by atoms with Gasteiger partial charge in [0.25, 0.3) is 11.6 Å². The van der Waals surface area contributed by atoms with Gasteiger partial charge in [-0.1, -0.05) is 29.9 Å². The smallest absolute Gasteiger partial charge is 0.286 e. The van der Waals surface area contributed by atoms with E-state index in [9.17, 15) is 19.3 Å². The normalized spacial score (nSPS) is 11.9. The molecular weight excluding hydrogens is 381 g/mol. The predicted molar refractivity (Wildman–Crippen MR) is 98.1 cm³/mol. The monoisotopic (exact) mass is 393 g/mol. The molecule has 6 nitrogen and oxygen atoms in total. The molecule has 3 rings (SSSR count). The molecule has 0 aliphatic carbocycles. The van der Waals surface area contributed by atoms with Gasteiger partial charge in [-0.2, -0.15) is 4.99 Å². The van der Waals surface area contributed by atoms with E-state index in [-0.39, 0.29) is 22.1 Å². The second kappa shape index (κ2) is 7.35. The van der Waals surface area contributed by atoms with E-state index < -0.39 is 10.8 Å². The van der Waals surface area contributed by atoms with Crippen LogP contribution in [0, 0.1) is 15.9 Å². The second-order valence-corrected chi connectivity index (χ2v) is 6.93. The predicted octanol–water partition coefficient (Wildman–Crippen LogP) is 4.55. The van der Waals surface area contributed by atoms with Crippen molar-refractivity contribution < 1.29 is 14.1 Å². The van der Waals surface area contributed by atoms with Crippen LogP contribution in [0.25, 0.3) is 10.2 Å². The van der Waals surface area contributed by atoms with Crippen LogP contribution in [0.1, 0.15) is 23.7 Å². The van der Waals surface area contributed by atoms with E-state index in [4.69, 9.17) is 11.6 Å². The van der Waals surface area contributed by atoms with Gasteiger partial charge in [-0.25, -0.2) is 4.39 Å². The molecule has 0 aliphatic rings. The highest BCUT2D eigenvalue weighted by molar-refractivity contribution is 7.16. The summed E-state index contributed by atoms with van der Waals surface area (Å²) in [7, 11) is 0. The summed E-state index contributed by atoms with van der Waals surface area (Å²) in [5.74, 6) is -1.15. The van der Waals surface area contributed by atoms with Crippen LogP contribution in [-0.2, 0) is 6.54 Å². The van der Waals surface area contributed by atoms with Crippen LogP contribution in [0.2, 0.25) is 5.02 Å². The van der Waals surface area contributed by atoms with Crippen molar-refractivity contribution >= 4 is 44.7 Å². The molecule has 2 aromatic carbocycles. The number of thiazole rings is 1. The minimum Gasteiger partial charge on any atom is -0.316 e. The van der Waals surface area contributed by atoms with E-state index in [0.29, 0.717) is 16.0 Å². The van der Waals surface area contributed by atoms with E-state index in [1.807, 2.05) is 6.92 Å². The fraction of sp³-hybridized carbons (Fsp3) is 0.176. The SMILES string of the molecule is CCCn1c(=NC(=O)c2cc(Cl)ccc2[N+](=O)[O-])sc2cc(F)ccc21. The zero-order valence-electron chi connectivity index (χ0n) is 13.6. The molecule has 3 aromatic rings. The van der Waals surface area contributed by atoms with Crippen LogP contribution >= 0.6 is 22.9 Å². The molecule has 0 fully saturated rings. The largest absolute Gasteiger partial charge is 0.316 e. The Kier molecular flexibility index (Phi) is 5.15. The zero-order chi connectivity index (χ0) is 18.8. The van der Waals surface area contributed by atoms with Gasteiger partial charge in [0.15, 0.2) is 4.80 Å². The van der Waals surface area contributed by atoms with Crippen molar-refractivity contribution in [2.75, 3.05) is 0 Å². The van der Waals surface area contributed by atoms with Gasteiger partial charge in [-0.05, 0) is 36.8 Å². The highest BCUT2D eigenvalue weighted by Crippen LogP contribution is 2.24. The average molecular weight is 394 g/mol. The Morgan fingerprint density at radius 1 is 1.35 bits per heavy atom. The highest BCUT2D eigenvalue weighted by atomic mass is 35.5. The molecule has 0 saturated heterocycles. The summed E-state index contributed by atoms with van der Waals surface area (Å²) in [4.78, 5) is 27.5. The number of nitrogens with zero attached hydrogens (tertiary/aromatic N) is 3. The summed E-state index contributed by atoms with van der Waals surface area (Å²) in [5.41, 5.74) is 0.205. The summed E-state index contributed by atoms with van der Waals surface area (Å²) in [5, 5.41) is 11.4. The van der Waals surface area contributed by atoms with Crippen molar-refractivity contribution in [3.63, 3.8) is 0 Å². The Morgan fingerprint density at radius 3 is 2.81 bits per heavy atom. The molecule has 0 unspecified atom stereocenters. The lowest BCUT2D eigenvalue weighted by molar-refractivity contribution is -0.385. The molecule has 26 heavy (non-hydrogen) atoms. The number of rotatable bonds is 4. The minimum atomic E-state index is -0.768. The summed E-state index contributed by atoms with van der Waals surface area (Å²) in [6.07, 6.45) is 0.780. The number of carbonyl (C=O) groups excluding carboxylic acids is 1. The number of fused-ring (bicyclic) bond motifs is 1. The van der Waals surface area contributed by atoms with Gasteiger partial charge in [0, 0.05) is 17.6 Å². The summed E-state index contributed by atoms with van der Waals surface area (Å²) in [6.45, 7) is 2.54. The Balaban J connectivity index is 2.19. The highest BCUT2D eigenvalue weighted by Gasteiger charge is 2.20. The van der Waals surface area contributed by atoms with Crippen LogP contribution in [-0.4, -0.2) is 15.4 Å². The quantitative estimate of drug-likeness (QED) is 0.481. The number of benzene rings is 2. The van der Waals surface area contributed by atoms with Gasteiger partial charge < -0.3 is 4.57 Å². The number of hydrogen-bond acceptors (Lipinski definition) is 4. The molecule has 1 amide bonds. The van der Waals surface area contributed by atoms with Crippen molar-refractivity contribution in [1.82, 2.24) is 4.57 Å². The molecule has 0 N–H and O–H groups in total. The first kappa shape index (κ1) is 18.2. The molecular formula is C17H13ClFN3O3S. The fourth-order valence-electron chi connectivity index (χ4n) is 2.56. The van der Waals surface area contributed by atoms with Crippen LogP contribution in [0.5, 0.6) is 0 Å². The zero-order valence-corrected chi connectivity index (χ0v) is 15.2. The number of hydrogen-bond donors (Lipinski definition) is 0. The van der Waals surface area contributed by atoms with Crippen LogP contribution in [0.3, 0.4) is 0 Å². The number of aromatic nitrogens is 1. The number of aryl methyl sites for hydroxylation is 1. The van der Waals surface area contributed by atoms with Gasteiger partial charge in [0.05, 0.1) is 15.1 Å². The molecule has 0 radical (unpaired) electrons. The van der Waals surface area contributed by atoms with Crippen molar-refractivity contribution in [3.05, 3.63) is 67.7 Å². The lowest BCUT2D eigenvalue weighted by Crippen LogP contribution is -2.17. The number of amides is 1. The second-order valence-electron chi connectivity index (χ2n) is 5.48. The lowest BCUT2D eigenvalue weighted by atomic mass is 10.2. The Hall–Kier alpha value is -2.58. The third kappa shape index (κ3) is 3.51. The summed E-state index contributed by atoms with van der Waals surface area (Å²) >= 11 is 7.02. The van der Waals surface area contributed by atoms with Crippen molar-refractivity contribution in [3.8, 4) is 0 Å². The molecule has 0 aliphatic heterocycles. The first-order chi connectivity index (χ1) is 12.4. The first-order valence-corrected chi connectivity index (χ1v) is 8.92. The number of carbonyl (C=O) groups is 1. The van der Waals surface area contributed by atoms with Gasteiger partial charge in [-0.3, -0.25) is 14.9 Å². The number of halogens is 2.